The van der Waals surface area contributed by atoms with Crippen LogP contribution in [0.4, 0.5) is 0 Å². The van der Waals surface area contributed by atoms with Crippen molar-refractivity contribution in [3.05, 3.63) is 0 Å². The van der Waals surface area contributed by atoms with Gasteiger partial charge >= 0.3 is 0 Å². The van der Waals surface area contributed by atoms with Crippen molar-refractivity contribution in [2.45, 2.75) is 66.7 Å². The van der Waals surface area contributed by atoms with Gasteiger partial charge < -0.3 is 5.32 Å². The molecule has 0 spiro atoms. The molecule has 2 unspecified atom stereocenters. The second kappa shape index (κ2) is 6.78. The maximum Gasteiger partial charge on any atom is -0.00230 e. The first-order valence-corrected chi connectivity index (χ1v) is 7.62. The highest BCUT2D eigenvalue weighted by molar-refractivity contribution is 4.94. The second-order valence-electron chi connectivity index (χ2n) is 7.33. The first-order valence-electron chi connectivity index (χ1n) is 7.62. The van der Waals surface area contributed by atoms with E-state index < -0.39 is 0 Å². The van der Waals surface area contributed by atoms with Crippen LogP contribution < -0.4 is 5.32 Å². The van der Waals surface area contributed by atoms with Gasteiger partial charge in [0.2, 0.25) is 0 Å². The molecule has 0 aromatic carbocycles. The minimum Gasteiger partial charge on any atom is -0.316 e. The van der Waals surface area contributed by atoms with E-state index >= 15 is 0 Å². The highest BCUT2D eigenvalue weighted by atomic mass is 14.9. The molecule has 1 fully saturated rings. The molecule has 1 aliphatic rings. The van der Waals surface area contributed by atoms with E-state index in [1.807, 2.05) is 0 Å². The molecule has 0 saturated heterocycles. The summed E-state index contributed by atoms with van der Waals surface area (Å²) in [5, 5.41) is 3.56. The molecule has 1 aliphatic carbocycles. The van der Waals surface area contributed by atoms with Crippen molar-refractivity contribution in [1.29, 1.82) is 0 Å². The monoisotopic (exact) mass is 239 g/mol. The predicted molar refractivity (Wildman–Crippen MR) is 77.2 cm³/mol. The number of rotatable bonds is 9. The van der Waals surface area contributed by atoms with Crippen LogP contribution in [0.2, 0.25) is 0 Å². The zero-order chi connectivity index (χ0) is 12.9. The average Bonchev–Trinajstić information content (AvgIpc) is 2.81. The van der Waals surface area contributed by atoms with E-state index in [2.05, 4.69) is 39.9 Å². The summed E-state index contributed by atoms with van der Waals surface area (Å²) in [4.78, 5) is 0. The van der Waals surface area contributed by atoms with Crippen LogP contribution in [0, 0.1) is 23.2 Å². The Labute approximate surface area is 109 Å². The van der Waals surface area contributed by atoms with E-state index in [0.717, 1.165) is 17.8 Å². The van der Waals surface area contributed by atoms with Crippen molar-refractivity contribution >= 4 is 0 Å². The van der Waals surface area contributed by atoms with Gasteiger partial charge in [0.15, 0.2) is 0 Å². The van der Waals surface area contributed by atoms with Crippen LogP contribution in [0.25, 0.3) is 0 Å². The van der Waals surface area contributed by atoms with Crippen LogP contribution in [-0.2, 0) is 0 Å². The SMILES string of the molecule is CC(C)CNCC(C)CCCCC1CC1(C)C. The topological polar surface area (TPSA) is 12.0 Å². The van der Waals surface area contributed by atoms with Gasteiger partial charge in [-0.2, -0.15) is 0 Å². The van der Waals surface area contributed by atoms with Crippen LogP contribution in [0.1, 0.15) is 66.7 Å². The lowest BCUT2D eigenvalue weighted by Crippen LogP contribution is -2.25. The fourth-order valence-corrected chi connectivity index (χ4v) is 2.67. The van der Waals surface area contributed by atoms with Crippen molar-refractivity contribution < 1.29 is 0 Å². The molecule has 2 atom stereocenters. The fraction of sp³-hybridized carbons (Fsp3) is 1.00. The van der Waals surface area contributed by atoms with E-state index in [1.54, 1.807) is 0 Å². The van der Waals surface area contributed by atoms with E-state index in [1.165, 1.54) is 45.2 Å². The summed E-state index contributed by atoms with van der Waals surface area (Å²) in [5.41, 5.74) is 0.685. The highest BCUT2D eigenvalue weighted by Gasteiger charge is 2.44. The van der Waals surface area contributed by atoms with Crippen LogP contribution in [0.5, 0.6) is 0 Å². The maximum atomic E-state index is 3.56. The van der Waals surface area contributed by atoms with E-state index in [4.69, 9.17) is 0 Å². The Bertz CT molecular complexity index is 208. The Morgan fingerprint density at radius 2 is 1.76 bits per heavy atom. The van der Waals surface area contributed by atoms with Crippen LogP contribution in [0.15, 0.2) is 0 Å². The summed E-state index contributed by atoms with van der Waals surface area (Å²) in [5.74, 6) is 2.66. The minimum atomic E-state index is 0.685. The Kier molecular flexibility index (Phi) is 5.99. The first kappa shape index (κ1) is 15.0. The van der Waals surface area contributed by atoms with Crippen molar-refractivity contribution in [3.8, 4) is 0 Å². The molecular weight excluding hydrogens is 206 g/mol. The third-order valence-corrected chi connectivity index (χ3v) is 4.26. The van der Waals surface area contributed by atoms with Gasteiger partial charge in [-0.25, -0.2) is 0 Å². The van der Waals surface area contributed by atoms with E-state index in [-0.39, 0.29) is 0 Å². The zero-order valence-electron chi connectivity index (χ0n) is 12.7. The summed E-state index contributed by atoms with van der Waals surface area (Å²) in [6.07, 6.45) is 7.22. The third kappa shape index (κ3) is 6.45. The Hall–Kier alpha value is -0.0400. The molecule has 1 rings (SSSR count). The maximum absolute atomic E-state index is 3.56. The van der Waals surface area contributed by atoms with Gasteiger partial charge in [-0.3, -0.25) is 0 Å². The van der Waals surface area contributed by atoms with Crippen LogP contribution >= 0.6 is 0 Å². The molecule has 1 saturated carbocycles. The fourth-order valence-electron chi connectivity index (χ4n) is 2.67. The van der Waals surface area contributed by atoms with Gasteiger partial charge in [0.25, 0.3) is 0 Å². The molecule has 17 heavy (non-hydrogen) atoms. The van der Waals surface area contributed by atoms with E-state index in [0.29, 0.717) is 5.41 Å². The lowest BCUT2D eigenvalue weighted by Gasteiger charge is -2.13. The molecule has 0 radical (unpaired) electrons. The lowest BCUT2D eigenvalue weighted by molar-refractivity contribution is 0.425. The number of hydrogen-bond acceptors (Lipinski definition) is 1. The Morgan fingerprint density at radius 1 is 1.12 bits per heavy atom. The molecule has 102 valence electrons. The molecule has 0 aromatic heterocycles. The predicted octanol–water partition coefficient (Wildman–Crippen LogP) is 4.47. The molecule has 1 nitrogen and oxygen atoms in total. The molecule has 0 bridgehead atoms. The minimum absolute atomic E-state index is 0.685. The van der Waals surface area contributed by atoms with Crippen molar-refractivity contribution in [1.82, 2.24) is 5.32 Å². The first-order chi connectivity index (χ1) is 7.92. The summed E-state index contributed by atoms with van der Waals surface area (Å²) < 4.78 is 0. The molecule has 1 heteroatoms. The van der Waals surface area contributed by atoms with Crippen molar-refractivity contribution in [2.24, 2.45) is 23.2 Å². The number of unbranched alkanes of at least 4 members (excludes halogenated alkanes) is 1. The van der Waals surface area contributed by atoms with Gasteiger partial charge in [-0.05, 0) is 55.5 Å². The number of hydrogen-bond donors (Lipinski definition) is 1. The molecular formula is C16H33N. The summed E-state index contributed by atoms with van der Waals surface area (Å²) >= 11 is 0. The second-order valence-corrected chi connectivity index (χ2v) is 7.33. The molecule has 0 aromatic rings. The number of nitrogens with one attached hydrogen (secondary N) is 1. The standard InChI is InChI=1S/C16H33N/c1-13(2)11-17-12-14(3)8-6-7-9-15-10-16(15,4)5/h13-15,17H,6-12H2,1-5H3. The summed E-state index contributed by atoms with van der Waals surface area (Å²) in [6, 6.07) is 0. The molecule has 0 amide bonds. The van der Waals surface area contributed by atoms with Crippen LogP contribution in [-0.4, -0.2) is 13.1 Å². The molecule has 1 N–H and O–H groups in total. The largest absolute Gasteiger partial charge is 0.316 e. The smallest absolute Gasteiger partial charge is 0.00230 e. The molecule has 0 heterocycles. The average molecular weight is 239 g/mol. The Balaban J connectivity index is 1.88. The van der Waals surface area contributed by atoms with Crippen LogP contribution in [0.3, 0.4) is 0 Å². The highest BCUT2D eigenvalue weighted by Crippen LogP contribution is 2.54. The van der Waals surface area contributed by atoms with Gasteiger partial charge in [-0.1, -0.05) is 47.5 Å². The lowest BCUT2D eigenvalue weighted by atomic mass is 10.00. The quantitative estimate of drug-likeness (QED) is 0.585. The Morgan fingerprint density at radius 3 is 2.29 bits per heavy atom. The zero-order valence-corrected chi connectivity index (χ0v) is 12.7. The molecule has 0 aliphatic heterocycles. The third-order valence-electron chi connectivity index (χ3n) is 4.26. The van der Waals surface area contributed by atoms with Crippen molar-refractivity contribution in [3.63, 3.8) is 0 Å². The summed E-state index contributed by atoms with van der Waals surface area (Å²) in [6.45, 7) is 14.1. The normalized spacial score (nSPS) is 24.0. The van der Waals surface area contributed by atoms with Gasteiger partial charge in [0, 0.05) is 0 Å². The van der Waals surface area contributed by atoms with E-state index in [9.17, 15) is 0 Å². The van der Waals surface area contributed by atoms with Gasteiger partial charge in [0.05, 0.1) is 0 Å². The van der Waals surface area contributed by atoms with Gasteiger partial charge in [0.1, 0.15) is 0 Å². The summed E-state index contributed by atoms with van der Waals surface area (Å²) in [7, 11) is 0. The van der Waals surface area contributed by atoms with Crippen molar-refractivity contribution in [2.75, 3.05) is 13.1 Å². The van der Waals surface area contributed by atoms with Gasteiger partial charge in [-0.15, -0.1) is 0 Å².